The number of ether oxygens (including phenoxy) is 4. The highest BCUT2D eigenvalue weighted by molar-refractivity contribution is 6.18. The zero-order valence-electron chi connectivity index (χ0n) is 17.3. The predicted octanol–water partition coefficient (Wildman–Crippen LogP) is 0.230. The molecule has 0 saturated carbocycles. The molecule has 0 aromatic carbocycles. The van der Waals surface area contributed by atoms with Gasteiger partial charge in [-0.2, -0.15) is 0 Å². The first-order valence-corrected chi connectivity index (χ1v) is 8.88. The standard InChI is InChI=1S/C18H28N2O8/c1-8-27-15(23)18(16(24)28-9-2)11(14(22)26-7)10(13(21)25-6)12(20-18)19-17(3,4)5/h10-11H,8-9H2,1-7H3,(H,19,20). The summed E-state index contributed by atoms with van der Waals surface area (Å²) in [7, 11) is 2.20. The van der Waals surface area contributed by atoms with Crippen molar-refractivity contribution in [2.24, 2.45) is 16.8 Å². The predicted molar refractivity (Wildman–Crippen MR) is 97.3 cm³/mol. The van der Waals surface area contributed by atoms with Crippen molar-refractivity contribution in [2.45, 2.75) is 45.7 Å². The van der Waals surface area contributed by atoms with Crippen molar-refractivity contribution in [3.63, 3.8) is 0 Å². The van der Waals surface area contributed by atoms with Crippen LogP contribution in [0.1, 0.15) is 34.6 Å². The van der Waals surface area contributed by atoms with Crippen LogP contribution in [0.15, 0.2) is 4.99 Å². The summed E-state index contributed by atoms with van der Waals surface area (Å²) in [5, 5.41) is 2.97. The molecule has 28 heavy (non-hydrogen) atoms. The molecule has 0 aliphatic carbocycles. The number of nitrogens with one attached hydrogen (secondary N) is 1. The van der Waals surface area contributed by atoms with E-state index in [1.54, 1.807) is 20.8 Å². The lowest BCUT2D eigenvalue weighted by Crippen LogP contribution is -2.56. The fourth-order valence-corrected chi connectivity index (χ4v) is 2.94. The number of rotatable bonds is 6. The first-order chi connectivity index (χ1) is 13.0. The number of carbonyl (C=O) groups is 4. The third-order valence-electron chi connectivity index (χ3n) is 3.96. The number of hydrogen-bond donors (Lipinski definition) is 1. The zero-order chi connectivity index (χ0) is 21.7. The summed E-state index contributed by atoms with van der Waals surface area (Å²) in [4.78, 5) is 55.1. The SMILES string of the molecule is CCOC(=O)C1(C(=O)OCC)N=C(NC(C)(C)C)C(C(=O)OC)C1C(=O)OC. The molecule has 0 aromatic rings. The lowest BCUT2D eigenvalue weighted by molar-refractivity contribution is -0.174. The third-order valence-corrected chi connectivity index (χ3v) is 3.96. The second-order valence-corrected chi connectivity index (χ2v) is 7.08. The van der Waals surface area contributed by atoms with Crippen molar-refractivity contribution >= 4 is 29.7 Å². The minimum Gasteiger partial charge on any atom is -0.469 e. The van der Waals surface area contributed by atoms with Gasteiger partial charge >= 0.3 is 23.9 Å². The number of methoxy groups -OCH3 is 2. The normalized spacial score (nSPS) is 20.6. The summed E-state index contributed by atoms with van der Waals surface area (Å²) in [6, 6.07) is 0. The van der Waals surface area contributed by atoms with Crippen molar-refractivity contribution in [2.75, 3.05) is 27.4 Å². The molecule has 1 rings (SSSR count). The minimum atomic E-state index is -2.43. The highest BCUT2D eigenvalue weighted by Crippen LogP contribution is 2.40. The van der Waals surface area contributed by atoms with Gasteiger partial charge in [0.1, 0.15) is 17.7 Å². The van der Waals surface area contributed by atoms with Crippen LogP contribution in [0, 0.1) is 11.8 Å². The van der Waals surface area contributed by atoms with Crippen molar-refractivity contribution in [1.82, 2.24) is 5.32 Å². The van der Waals surface area contributed by atoms with Crippen LogP contribution in [-0.2, 0) is 38.1 Å². The number of amidine groups is 1. The molecule has 1 heterocycles. The molecule has 0 amide bonds. The Bertz CT molecular complexity index is 647. The largest absolute Gasteiger partial charge is 0.469 e. The molecule has 2 atom stereocenters. The molecule has 10 heteroatoms. The third kappa shape index (κ3) is 4.42. The molecule has 0 saturated heterocycles. The van der Waals surface area contributed by atoms with Gasteiger partial charge in [-0.1, -0.05) is 0 Å². The number of hydrogen-bond acceptors (Lipinski definition) is 10. The van der Waals surface area contributed by atoms with E-state index in [1.165, 1.54) is 13.8 Å². The Labute approximate surface area is 163 Å². The van der Waals surface area contributed by atoms with Gasteiger partial charge in [-0.3, -0.25) is 9.59 Å². The summed E-state index contributed by atoms with van der Waals surface area (Å²) < 4.78 is 19.6. The lowest BCUT2D eigenvalue weighted by atomic mass is 9.78. The smallest absolute Gasteiger partial charge is 0.346 e. The van der Waals surface area contributed by atoms with Crippen molar-refractivity contribution in [1.29, 1.82) is 0 Å². The van der Waals surface area contributed by atoms with Gasteiger partial charge in [-0.05, 0) is 34.6 Å². The zero-order valence-corrected chi connectivity index (χ0v) is 17.3. The summed E-state index contributed by atoms with van der Waals surface area (Å²) in [5.41, 5.74) is -3.03. The quantitative estimate of drug-likeness (QED) is 0.378. The van der Waals surface area contributed by atoms with E-state index in [0.29, 0.717) is 0 Å². The van der Waals surface area contributed by atoms with Crippen LogP contribution in [0.5, 0.6) is 0 Å². The number of esters is 4. The summed E-state index contributed by atoms with van der Waals surface area (Å²) >= 11 is 0. The molecular formula is C18H28N2O8. The minimum absolute atomic E-state index is 0.0594. The van der Waals surface area contributed by atoms with Crippen molar-refractivity contribution in [3.8, 4) is 0 Å². The summed E-state index contributed by atoms with van der Waals surface area (Å²) in [6.07, 6.45) is 0. The van der Waals surface area contributed by atoms with Crippen LogP contribution >= 0.6 is 0 Å². The van der Waals surface area contributed by atoms with E-state index in [4.69, 9.17) is 18.9 Å². The molecule has 1 N–H and O–H groups in total. The van der Waals surface area contributed by atoms with Crippen molar-refractivity contribution < 1.29 is 38.1 Å². The Morgan fingerprint density at radius 2 is 1.43 bits per heavy atom. The van der Waals surface area contributed by atoms with Crippen LogP contribution in [0.2, 0.25) is 0 Å². The Hall–Kier alpha value is -2.65. The molecule has 0 spiro atoms. The van der Waals surface area contributed by atoms with Gasteiger partial charge < -0.3 is 24.3 Å². The van der Waals surface area contributed by atoms with Gasteiger partial charge in [-0.15, -0.1) is 0 Å². The monoisotopic (exact) mass is 400 g/mol. The van der Waals surface area contributed by atoms with Crippen LogP contribution in [0.25, 0.3) is 0 Å². The molecular weight excluding hydrogens is 372 g/mol. The van der Waals surface area contributed by atoms with Crippen LogP contribution in [-0.4, -0.2) is 68.2 Å². The second kappa shape index (κ2) is 9.03. The van der Waals surface area contributed by atoms with Crippen LogP contribution in [0.4, 0.5) is 0 Å². The number of aliphatic imine (C=N–C) groups is 1. The van der Waals surface area contributed by atoms with Gasteiger partial charge in [-0.25, -0.2) is 14.6 Å². The van der Waals surface area contributed by atoms with E-state index in [-0.39, 0.29) is 19.0 Å². The van der Waals surface area contributed by atoms with Gasteiger partial charge in [0.2, 0.25) is 0 Å². The van der Waals surface area contributed by atoms with Gasteiger partial charge in [0.15, 0.2) is 0 Å². The molecule has 0 bridgehead atoms. The molecule has 2 unspecified atom stereocenters. The van der Waals surface area contributed by atoms with Crippen LogP contribution in [0.3, 0.4) is 0 Å². The molecule has 1 aliphatic heterocycles. The molecule has 1 aliphatic rings. The van der Waals surface area contributed by atoms with Crippen molar-refractivity contribution in [3.05, 3.63) is 0 Å². The van der Waals surface area contributed by atoms with Gasteiger partial charge in [0, 0.05) is 5.54 Å². The molecule has 10 nitrogen and oxygen atoms in total. The maximum Gasteiger partial charge on any atom is 0.346 e. The lowest BCUT2D eigenvalue weighted by Gasteiger charge is -2.29. The van der Waals surface area contributed by atoms with E-state index in [2.05, 4.69) is 10.3 Å². The maximum atomic E-state index is 12.9. The highest BCUT2D eigenvalue weighted by Gasteiger charge is 2.68. The topological polar surface area (TPSA) is 130 Å². The number of nitrogens with zero attached hydrogens (tertiary/aromatic N) is 1. The number of carbonyl (C=O) groups excluding carboxylic acids is 4. The average molecular weight is 400 g/mol. The second-order valence-electron chi connectivity index (χ2n) is 7.08. The average Bonchev–Trinajstić information content (AvgIpc) is 2.95. The Kier molecular flexibility index (Phi) is 7.54. The molecule has 0 radical (unpaired) electrons. The van der Waals surface area contributed by atoms with E-state index in [1.807, 2.05) is 0 Å². The highest BCUT2D eigenvalue weighted by atomic mass is 16.6. The van der Waals surface area contributed by atoms with E-state index >= 15 is 0 Å². The fourth-order valence-electron chi connectivity index (χ4n) is 2.94. The molecule has 0 aromatic heterocycles. The first-order valence-electron chi connectivity index (χ1n) is 8.88. The van der Waals surface area contributed by atoms with Gasteiger partial charge in [0.25, 0.3) is 5.54 Å². The summed E-state index contributed by atoms with van der Waals surface area (Å²) in [6.45, 7) is 8.27. The Morgan fingerprint density at radius 1 is 0.964 bits per heavy atom. The van der Waals surface area contributed by atoms with Gasteiger partial charge in [0.05, 0.1) is 27.4 Å². The summed E-state index contributed by atoms with van der Waals surface area (Å²) in [5.74, 6) is -7.16. The molecule has 0 fully saturated rings. The van der Waals surface area contributed by atoms with E-state index in [9.17, 15) is 19.2 Å². The maximum absolute atomic E-state index is 12.9. The first kappa shape index (κ1) is 23.4. The molecule has 158 valence electrons. The Morgan fingerprint density at radius 3 is 1.79 bits per heavy atom. The van der Waals surface area contributed by atoms with E-state index in [0.717, 1.165) is 14.2 Å². The Balaban J connectivity index is 3.78. The van der Waals surface area contributed by atoms with E-state index < -0.39 is 46.8 Å². The fraction of sp³-hybridized carbons (Fsp3) is 0.722. The van der Waals surface area contributed by atoms with Crippen LogP contribution < -0.4 is 5.32 Å².